The topological polar surface area (TPSA) is 62.4 Å². The molecule has 0 bridgehead atoms. The molecule has 0 aromatic heterocycles. The van der Waals surface area contributed by atoms with Crippen LogP contribution in [0.15, 0.2) is 72.8 Å². The van der Waals surface area contributed by atoms with Gasteiger partial charge in [0.25, 0.3) is 0 Å². The van der Waals surface area contributed by atoms with Crippen LogP contribution in [0.2, 0.25) is 5.02 Å². The second-order valence-corrected chi connectivity index (χ2v) is 6.33. The number of halogens is 1. The van der Waals surface area contributed by atoms with Crippen LogP contribution in [0.25, 0.3) is 0 Å². The average molecular weight is 382 g/mol. The zero-order chi connectivity index (χ0) is 19.1. The fraction of sp³-hybridized carbons (Fsp3) is 0.0952. The fourth-order valence-corrected chi connectivity index (χ4v) is 2.56. The minimum absolute atomic E-state index is 0.294. The maximum Gasteiger partial charge on any atom is 0.323 e. The van der Waals surface area contributed by atoms with Crippen LogP contribution in [0.4, 0.5) is 21.9 Å². The Morgan fingerprint density at radius 3 is 2.37 bits per heavy atom. The Labute approximate surface area is 163 Å². The number of aryl methyl sites for hydroxylation is 1. The molecule has 0 fully saturated rings. The zero-order valence-corrected chi connectivity index (χ0v) is 15.6. The molecule has 0 aliphatic rings. The Hall–Kier alpha value is -3.18. The van der Waals surface area contributed by atoms with Gasteiger partial charge in [0.15, 0.2) is 6.73 Å². The van der Waals surface area contributed by atoms with E-state index in [-0.39, 0.29) is 6.03 Å². The molecule has 0 radical (unpaired) electrons. The van der Waals surface area contributed by atoms with Crippen molar-refractivity contribution in [2.45, 2.75) is 6.92 Å². The largest absolute Gasteiger partial charge is 0.473 e. The number of urea groups is 1. The first-order valence-electron chi connectivity index (χ1n) is 8.46. The van der Waals surface area contributed by atoms with Crippen LogP contribution < -0.4 is 20.7 Å². The van der Waals surface area contributed by atoms with Crippen molar-refractivity contribution in [3.05, 3.63) is 83.4 Å². The van der Waals surface area contributed by atoms with Crippen molar-refractivity contribution in [2.75, 3.05) is 22.7 Å². The summed E-state index contributed by atoms with van der Waals surface area (Å²) in [5, 5.41) is 9.49. The van der Waals surface area contributed by atoms with E-state index < -0.39 is 0 Å². The summed E-state index contributed by atoms with van der Waals surface area (Å²) in [4.78, 5) is 12.1. The molecular formula is C21H20ClN3O2. The highest BCUT2D eigenvalue weighted by Crippen LogP contribution is 2.21. The molecule has 5 nitrogen and oxygen atoms in total. The van der Waals surface area contributed by atoms with Crippen LogP contribution in [0.1, 0.15) is 5.56 Å². The van der Waals surface area contributed by atoms with E-state index >= 15 is 0 Å². The lowest BCUT2D eigenvalue weighted by molar-refractivity contribution is 0.262. The minimum Gasteiger partial charge on any atom is -0.473 e. The number of hydrogen-bond donors (Lipinski definition) is 3. The van der Waals surface area contributed by atoms with Gasteiger partial charge >= 0.3 is 6.03 Å². The number of para-hydroxylation sites is 1. The van der Waals surface area contributed by atoms with Crippen molar-refractivity contribution >= 4 is 34.7 Å². The smallest absolute Gasteiger partial charge is 0.323 e. The molecule has 3 aromatic rings. The van der Waals surface area contributed by atoms with Gasteiger partial charge in [-0.05, 0) is 61.0 Å². The SMILES string of the molecule is Cc1ccc(NC(=O)Nc2ccccc2)cc1NCOc1ccc(Cl)cc1. The highest BCUT2D eigenvalue weighted by molar-refractivity contribution is 6.30. The highest BCUT2D eigenvalue weighted by Gasteiger charge is 2.05. The third kappa shape index (κ3) is 5.66. The molecule has 138 valence electrons. The summed E-state index contributed by atoms with van der Waals surface area (Å²) in [5.41, 5.74) is 3.34. The monoisotopic (exact) mass is 381 g/mol. The van der Waals surface area contributed by atoms with E-state index in [1.807, 2.05) is 67.6 Å². The van der Waals surface area contributed by atoms with Gasteiger partial charge in [0.1, 0.15) is 5.75 Å². The third-order valence-corrected chi connectivity index (χ3v) is 4.09. The molecular weight excluding hydrogens is 362 g/mol. The maximum atomic E-state index is 12.1. The van der Waals surface area contributed by atoms with Crippen LogP contribution in [0.5, 0.6) is 5.75 Å². The quantitative estimate of drug-likeness (QED) is 0.477. The summed E-state index contributed by atoms with van der Waals surface area (Å²) >= 11 is 5.86. The number of benzene rings is 3. The lowest BCUT2D eigenvalue weighted by Gasteiger charge is -2.14. The molecule has 0 aliphatic carbocycles. The highest BCUT2D eigenvalue weighted by atomic mass is 35.5. The first kappa shape index (κ1) is 18.6. The van der Waals surface area contributed by atoms with Gasteiger partial charge in [0, 0.05) is 22.1 Å². The van der Waals surface area contributed by atoms with Gasteiger partial charge < -0.3 is 20.7 Å². The molecule has 0 aliphatic heterocycles. The second-order valence-electron chi connectivity index (χ2n) is 5.89. The molecule has 3 rings (SSSR count). The number of rotatable bonds is 6. The molecule has 0 spiro atoms. The molecule has 0 atom stereocenters. The molecule has 0 heterocycles. The molecule has 27 heavy (non-hydrogen) atoms. The van der Waals surface area contributed by atoms with E-state index in [9.17, 15) is 4.79 Å². The number of amides is 2. The first-order valence-corrected chi connectivity index (χ1v) is 8.84. The van der Waals surface area contributed by atoms with E-state index in [0.29, 0.717) is 17.4 Å². The Morgan fingerprint density at radius 1 is 0.926 bits per heavy atom. The lowest BCUT2D eigenvalue weighted by Crippen LogP contribution is -2.19. The summed E-state index contributed by atoms with van der Waals surface area (Å²) in [6.45, 7) is 2.28. The molecule has 0 saturated carbocycles. The summed E-state index contributed by atoms with van der Waals surface area (Å²) in [6.07, 6.45) is 0. The van der Waals surface area contributed by atoms with Crippen LogP contribution in [0, 0.1) is 6.92 Å². The fourth-order valence-electron chi connectivity index (χ4n) is 2.43. The zero-order valence-electron chi connectivity index (χ0n) is 14.8. The van der Waals surface area contributed by atoms with Crippen molar-refractivity contribution in [1.29, 1.82) is 0 Å². The lowest BCUT2D eigenvalue weighted by atomic mass is 10.2. The molecule has 2 amide bonds. The standard InChI is InChI=1S/C21H20ClN3O2/c1-15-7-10-18(25-21(26)24-17-5-3-2-4-6-17)13-20(15)23-14-27-19-11-8-16(22)9-12-19/h2-13,23H,14H2,1H3,(H2,24,25,26). The van der Waals surface area contributed by atoms with E-state index in [0.717, 1.165) is 22.7 Å². The molecule has 3 N–H and O–H groups in total. The van der Waals surface area contributed by atoms with E-state index in [2.05, 4.69) is 16.0 Å². The number of hydrogen-bond acceptors (Lipinski definition) is 3. The van der Waals surface area contributed by atoms with Crippen LogP contribution in [-0.4, -0.2) is 12.8 Å². The van der Waals surface area contributed by atoms with Crippen LogP contribution in [-0.2, 0) is 0 Å². The molecule has 0 unspecified atom stereocenters. The Morgan fingerprint density at radius 2 is 1.63 bits per heavy atom. The van der Waals surface area contributed by atoms with E-state index in [1.54, 1.807) is 12.1 Å². The third-order valence-electron chi connectivity index (χ3n) is 3.84. The first-order chi connectivity index (χ1) is 13.1. The van der Waals surface area contributed by atoms with Gasteiger partial charge in [-0.25, -0.2) is 4.79 Å². The van der Waals surface area contributed by atoms with Gasteiger partial charge in [-0.1, -0.05) is 35.9 Å². The molecule has 3 aromatic carbocycles. The van der Waals surface area contributed by atoms with Crippen molar-refractivity contribution in [2.24, 2.45) is 0 Å². The summed E-state index contributed by atoms with van der Waals surface area (Å²) in [7, 11) is 0. The van der Waals surface area contributed by atoms with Crippen LogP contribution in [0.3, 0.4) is 0 Å². The Balaban J connectivity index is 1.56. The van der Waals surface area contributed by atoms with E-state index in [4.69, 9.17) is 16.3 Å². The van der Waals surface area contributed by atoms with Gasteiger partial charge in [0.05, 0.1) is 0 Å². The average Bonchev–Trinajstić information content (AvgIpc) is 2.66. The normalized spacial score (nSPS) is 10.1. The number of ether oxygens (including phenoxy) is 1. The van der Waals surface area contributed by atoms with Gasteiger partial charge in [-0.15, -0.1) is 0 Å². The van der Waals surface area contributed by atoms with Crippen molar-refractivity contribution in [3.63, 3.8) is 0 Å². The Kier molecular flexibility index (Phi) is 6.18. The molecule has 6 heteroatoms. The summed E-state index contributed by atoms with van der Waals surface area (Å²) < 4.78 is 5.65. The number of nitrogens with one attached hydrogen (secondary N) is 3. The van der Waals surface area contributed by atoms with Crippen molar-refractivity contribution < 1.29 is 9.53 Å². The van der Waals surface area contributed by atoms with Gasteiger partial charge in [-0.3, -0.25) is 0 Å². The second kappa shape index (κ2) is 8.96. The maximum absolute atomic E-state index is 12.1. The summed E-state index contributed by atoms with van der Waals surface area (Å²) in [6, 6.07) is 21.8. The predicted octanol–water partition coefficient (Wildman–Crippen LogP) is 5.74. The van der Waals surface area contributed by atoms with Gasteiger partial charge in [-0.2, -0.15) is 0 Å². The van der Waals surface area contributed by atoms with Gasteiger partial charge in [0.2, 0.25) is 0 Å². The number of anilines is 3. The number of carbonyl (C=O) groups excluding carboxylic acids is 1. The van der Waals surface area contributed by atoms with Crippen LogP contribution >= 0.6 is 11.6 Å². The summed E-state index contributed by atoms with van der Waals surface area (Å²) in [5.74, 6) is 0.723. The van der Waals surface area contributed by atoms with Crippen molar-refractivity contribution in [1.82, 2.24) is 0 Å². The Bertz CT molecular complexity index is 899. The number of carbonyl (C=O) groups is 1. The predicted molar refractivity (Wildman–Crippen MR) is 111 cm³/mol. The minimum atomic E-state index is -0.298. The van der Waals surface area contributed by atoms with E-state index in [1.165, 1.54) is 0 Å². The van der Waals surface area contributed by atoms with Crippen molar-refractivity contribution in [3.8, 4) is 5.75 Å². The molecule has 0 saturated heterocycles.